The highest BCUT2D eigenvalue weighted by Crippen LogP contribution is 2.09. The molecule has 6 heteroatoms. The van der Waals surface area contributed by atoms with Crippen molar-refractivity contribution in [3.8, 4) is 5.75 Å². The molecule has 0 bridgehead atoms. The molecule has 1 unspecified atom stereocenters. The first-order chi connectivity index (χ1) is 9.25. The van der Waals surface area contributed by atoms with E-state index in [-0.39, 0.29) is 11.9 Å². The normalized spacial score (nSPS) is 11.8. The lowest BCUT2D eigenvalue weighted by Gasteiger charge is -2.11. The molecule has 1 aromatic heterocycles. The molecule has 0 saturated heterocycles. The van der Waals surface area contributed by atoms with Crippen molar-refractivity contribution in [1.82, 2.24) is 20.5 Å². The summed E-state index contributed by atoms with van der Waals surface area (Å²) < 4.78 is 5.45. The molecule has 0 spiro atoms. The molecule has 0 radical (unpaired) electrons. The van der Waals surface area contributed by atoms with E-state index in [1.165, 1.54) is 6.33 Å². The largest absolute Gasteiger partial charge is 0.493 e. The molecule has 100 valence electrons. The highest BCUT2D eigenvalue weighted by molar-refractivity contribution is 5.76. The van der Waals surface area contributed by atoms with Gasteiger partial charge in [-0.25, -0.2) is 4.98 Å². The van der Waals surface area contributed by atoms with Crippen LogP contribution in [0.1, 0.15) is 25.2 Å². The monoisotopic (exact) mass is 260 g/mol. The van der Waals surface area contributed by atoms with E-state index in [1.54, 1.807) is 0 Å². The maximum Gasteiger partial charge on any atom is 0.224 e. The molecular weight excluding hydrogens is 244 g/mol. The van der Waals surface area contributed by atoms with Gasteiger partial charge < -0.3 is 10.1 Å². The Morgan fingerprint density at radius 3 is 2.89 bits per heavy atom. The number of hydrogen-bond acceptors (Lipinski definition) is 4. The number of H-pyrrole nitrogens is 1. The summed E-state index contributed by atoms with van der Waals surface area (Å²) in [7, 11) is 0. The summed E-state index contributed by atoms with van der Waals surface area (Å²) in [5, 5.41) is 9.27. The number of carbonyl (C=O) groups is 1. The maximum atomic E-state index is 11.7. The van der Waals surface area contributed by atoms with Crippen LogP contribution in [0.5, 0.6) is 5.75 Å². The van der Waals surface area contributed by atoms with Crippen molar-refractivity contribution in [3.05, 3.63) is 42.5 Å². The van der Waals surface area contributed by atoms with Gasteiger partial charge in [0.25, 0.3) is 0 Å². The van der Waals surface area contributed by atoms with Crippen LogP contribution in [0.4, 0.5) is 0 Å². The van der Waals surface area contributed by atoms with E-state index in [0.717, 1.165) is 5.75 Å². The van der Waals surface area contributed by atoms with Crippen molar-refractivity contribution in [2.45, 2.75) is 19.4 Å². The summed E-state index contributed by atoms with van der Waals surface area (Å²) in [6, 6.07) is 9.22. The summed E-state index contributed by atoms with van der Waals surface area (Å²) in [5.41, 5.74) is 0. The SMILES string of the molecule is CC(NC(=O)CCOc1ccccc1)c1ncn[nH]1. The van der Waals surface area contributed by atoms with Crippen LogP contribution < -0.4 is 10.1 Å². The molecule has 2 rings (SSSR count). The molecule has 0 aliphatic heterocycles. The quantitative estimate of drug-likeness (QED) is 0.823. The van der Waals surface area contributed by atoms with Gasteiger partial charge in [0.2, 0.25) is 5.91 Å². The van der Waals surface area contributed by atoms with Crippen LogP contribution in [0.25, 0.3) is 0 Å². The van der Waals surface area contributed by atoms with Crippen LogP contribution in [0, 0.1) is 0 Å². The Morgan fingerprint density at radius 2 is 2.21 bits per heavy atom. The van der Waals surface area contributed by atoms with Crippen LogP contribution in [-0.4, -0.2) is 27.7 Å². The Kier molecular flexibility index (Phi) is 4.49. The molecule has 1 atom stereocenters. The molecule has 6 nitrogen and oxygen atoms in total. The average Bonchev–Trinajstić information content (AvgIpc) is 2.94. The number of hydrogen-bond donors (Lipinski definition) is 2. The van der Waals surface area contributed by atoms with E-state index in [9.17, 15) is 4.79 Å². The number of carbonyl (C=O) groups excluding carboxylic acids is 1. The number of aromatic nitrogens is 3. The van der Waals surface area contributed by atoms with Gasteiger partial charge in [0.05, 0.1) is 19.1 Å². The van der Waals surface area contributed by atoms with Gasteiger partial charge in [-0.05, 0) is 19.1 Å². The Hall–Kier alpha value is -2.37. The highest BCUT2D eigenvalue weighted by Gasteiger charge is 2.11. The lowest BCUT2D eigenvalue weighted by Crippen LogP contribution is -2.28. The third kappa shape index (κ3) is 4.09. The summed E-state index contributed by atoms with van der Waals surface area (Å²) in [6.07, 6.45) is 1.71. The molecule has 2 aromatic rings. The average molecular weight is 260 g/mol. The fourth-order valence-corrected chi connectivity index (χ4v) is 1.58. The fourth-order valence-electron chi connectivity index (χ4n) is 1.58. The van der Waals surface area contributed by atoms with Crippen molar-refractivity contribution in [3.63, 3.8) is 0 Å². The van der Waals surface area contributed by atoms with Gasteiger partial charge in [-0.3, -0.25) is 9.89 Å². The van der Waals surface area contributed by atoms with Crippen LogP contribution in [0.3, 0.4) is 0 Å². The van der Waals surface area contributed by atoms with Gasteiger partial charge in [0.1, 0.15) is 17.9 Å². The van der Waals surface area contributed by atoms with Crippen molar-refractivity contribution < 1.29 is 9.53 Å². The van der Waals surface area contributed by atoms with Gasteiger partial charge in [0.15, 0.2) is 0 Å². The predicted octanol–water partition coefficient (Wildman–Crippen LogP) is 1.45. The van der Waals surface area contributed by atoms with Crippen molar-refractivity contribution in [2.24, 2.45) is 0 Å². The predicted molar refractivity (Wildman–Crippen MR) is 69.5 cm³/mol. The number of nitrogens with one attached hydrogen (secondary N) is 2. The second-order valence-corrected chi connectivity index (χ2v) is 4.07. The lowest BCUT2D eigenvalue weighted by molar-refractivity contribution is -0.122. The van der Waals surface area contributed by atoms with Gasteiger partial charge >= 0.3 is 0 Å². The molecule has 19 heavy (non-hydrogen) atoms. The lowest BCUT2D eigenvalue weighted by atomic mass is 10.3. The first kappa shape index (κ1) is 13.1. The maximum absolute atomic E-state index is 11.7. The van der Waals surface area contributed by atoms with E-state index >= 15 is 0 Å². The molecule has 0 fully saturated rings. The molecular formula is C13H16N4O2. The Balaban J connectivity index is 1.70. The minimum Gasteiger partial charge on any atom is -0.493 e. The van der Waals surface area contributed by atoms with Crippen LogP contribution in [0.2, 0.25) is 0 Å². The molecule has 1 aromatic carbocycles. The van der Waals surface area contributed by atoms with Crippen molar-refractivity contribution in [2.75, 3.05) is 6.61 Å². The number of nitrogens with zero attached hydrogens (tertiary/aromatic N) is 2. The van der Waals surface area contributed by atoms with E-state index in [2.05, 4.69) is 20.5 Å². The van der Waals surface area contributed by atoms with E-state index in [1.807, 2.05) is 37.3 Å². The highest BCUT2D eigenvalue weighted by atomic mass is 16.5. The minimum atomic E-state index is -0.188. The summed E-state index contributed by atoms with van der Waals surface area (Å²) in [4.78, 5) is 15.7. The number of ether oxygens (including phenoxy) is 1. The molecule has 0 aliphatic rings. The minimum absolute atomic E-state index is 0.0835. The van der Waals surface area contributed by atoms with Gasteiger partial charge in [-0.15, -0.1) is 0 Å². The second-order valence-electron chi connectivity index (χ2n) is 4.07. The summed E-state index contributed by atoms with van der Waals surface area (Å²) >= 11 is 0. The smallest absolute Gasteiger partial charge is 0.224 e. The number of rotatable bonds is 6. The Labute approximate surface area is 111 Å². The molecule has 2 N–H and O–H groups in total. The zero-order valence-electron chi connectivity index (χ0n) is 10.7. The second kappa shape index (κ2) is 6.53. The molecule has 0 aliphatic carbocycles. The number of para-hydroxylation sites is 1. The fraction of sp³-hybridized carbons (Fsp3) is 0.308. The zero-order chi connectivity index (χ0) is 13.5. The molecule has 0 saturated carbocycles. The first-order valence-corrected chi connectivity index (χ1v) is 6.08. The summed E-state index contributed by atoms with van der Waals surface area (Å²) in [5.74, 6) is 1.32. The molecule has 1 amide bonds. The van der Waals surface area contributed by atoms with E-state index < -0.39 is 0 Å². The number of aromatic amines is 1. The van der Waals surface area contributed by atoms with Crippen molar-refractivity contribution in [1.29, 1.82) is 0 Å². The number of benzene rings is 1. The van der Waals surface area contributed by atoms with Gasteiger partial charge in [0, 0.05) is 0 Å². The topological polar surface area (TPSA) is 79.9 Å². The third-order valence-corrected chi connectivity index (χ3v) is 2.56. The zero-order valence-corrected chi connectivity index (χ0v) is 10.7. The van der Waals surface area contributed by atoms with Crippen LogP contribution in [0.15, 0.2) is 36.7 Å². The molecule has 1 heterocycles. The Morgan fingerprint density at radius 1 is 1.42 bits per heavy atom. The van der Waals surface area contributed by atoms with E-state index in [0.29, 0.717) is 18.9 Å². The number of amides is 1. The van der Waals surface area contributed by atoms with Crippen molar-refractivity contribution >= 4 is 5.91 Å². The standard InChI is InChI=1S/C13H16N4O2/c1-10(13-14-9-15-17-13)16-12(18)7-8-19-11-5-3-2-4-6-11/h2-6,9-10H,7-8H2,1H3,(H,16,18)(H,14,15,17). The van der Waals surface area contributed by atoms with E-state index in [4.69, 9.17) is 4.74 Å². The van der Waals surface area contributed by atoms with Crippen LogP contribution in [-0.2, 0) is 4.79 Å². The third-order valence-electron chi connectivity index (χ3n) is 2.56. The Bertz CT molecular complexity index is 499. The first-order valence-electron chi connectivity index (χ1n) is 6.08. The summed E-state index contributed by atoms with van der Waals surface area (Å²) in [6.45, 7) is 2.19. The van der Waals surface area contributed by atoms with Gasteiger partial charge in [-0.2, -0.15) is 5.10 Å². The van der Waals surface area contributed by atoms with Crippen LogP contribution >= 0.6 is 0 Å². The van der Waals surface area contributed by atoms with Gasteiger partial charge in [-0.1, -0.05) is 18.2 Å².